The molecule has 2 rings (SSSR count). The van der Waals surface area contributed by atoms with Crippen molar-refractivity contribution in [3.8, 4) is 6.07 Å². The van der Waals surface area contributed by atoms with Gasteiger partial charge in [0.15, 0.2) is 5.78 Å². The molecule has 0 aliphatic heterocycles. The fraction of sp³-hybridized carbons (Fsp3) is 0.0667. The van der Waals surface area contributed by atoms with Gasteiger partial charge in [0.1, 0.15) is 5.92 Å². The minimum absolute atomic E-state index is 0.205. The normalized spacial score (nSPS) is 11.6. The SMILES string of the molecule is N#CC(C(=O)c1cccc(I)c1)c1cccc(Cl)c1. The average Bonchev–Trinajstić information content (AvgIpc) is 2.39. The van der Waals surface area contributed by atoms with Crippen LogP contribution in [0, 0.1) is 14.9 Å². The van der Waals surface area contributed by atoms with E-state index < -0.39 is 5.92 Å². The average molecular weight is 382 g/mol. The number of nitrogens with zero attached hydrogens (tertiary/aromatic N) is 1. The van der Waals surface area contributed by atoms with E-state index in [-0.39, 0.29) is 5.78 Å². The largest absolute Gasteiger partial charge is 0.292 e. The van der Waals surface area contributed by atoms with Gasteiger partial charge in [-0.2, -0.15) is 5.26 Å². The Balaban J connectivity index is 2.38. The van der Waals surface area contributed by atoms with E-state index in [0.29, 0.717) is 16.1 Å². The lowest BCUT2D eigenvalue weighted by Gasteiger charge is -2.09. The highest BCUT2D eigenvalue weighted by Crippen LogP contribution is 2.23. The number of carbonyl (C=O) groups excluding carboxylic acids is 1. The van der Waals surface area contributed by atoms with Crippen LogP contribution in [0.1, 0.15) is 21.8 Å². The molecule has 0 saturated carbocycles. The van der Waals surface area contributed by atoms with Gasteiger partial charge in [-0.3, -0.25) is 4.79 Å². The molecule has 2 nitrogen and oxygen atoms in total. The third-order valence-electron chi connectivity index (χ3n) is 2.68. The molecule has 1 unspecified atom stereocenters. The Labute approximate surface area is 130 Å². The fourth-order valence-electron chi connectivity index (χ4n) is 1.78. The van der Waals surface area contributed by atoms with E-state index in [2.05, 4.69) is 28.7 Å². The number of Topliss-reactive ketones (excluding diaryl/α,β-unsaturated/α-hetero) is 1. The van der Waals surface area contributed by atoms with Gasteiger partial charge in [0, 0.05) is 14.2 Å². The van der Waals surface area contributed by atoms with Crippen molar-refractivity contribution < 1.29 is 4.79 Å². The summed E-state index contributed by atoms with van der Waals surface area (Å²) < 4.78 is 0.964. The summed E-state index contributed by atoms with van der Waals surface area (Å²) in [5.41, 5.74) is 1.16. The van der Waals surface area contributed by atoms with E-state index in [9.17, 15) is 10.1 Å². The standard InChI is InChI=1S/C15H9ClINO/c16-12-5-1-3-10(7-12)14(9-18)15(19)11-4-2-6-13(17)8-11/h1-8,14H. The van der Waals surface area contributed by atoms with E-state index in [1.54, 1.807) is 42.5 Å². The van der Waals surface area contributed by atoms with Gasteiger partial charge >= 0.3 is 0 Å². The van der Waals surface area contributed by atoms with Crippen LogP contribution in [0.15, 0.2) is 48.5 Å². The number of hydrogen-bond acceptors (Lipinski definition) is 2. The first-order chi connectivity index (χ1) is 9.11. The molecule has 0 fully saturated rings. The molecule has 2 aromatic carbocycles. The van der Waals surface area contributed by atoms with Crippen molar-refractivity contribution in [2.75, 3.05) is 0 Å². The van der Waals surface area contributed by atoms with Gasteiger partial charge in [-0.05, 0) is 52.4 Å². The van der Waals surface area contributed by atoms with Gasteiger partial charge in [-0.1, -0.05) is 35.9 Å². The Morgan fingerprint density at radius 2 is 1.95 bits per heavy atom. The zero-order valence-corrected chi connectivity index (χ0v) is 12.7. The molecule has 0 aromatic heterocycles. The Bertz CT molecular complexity index is 663. The zero-order valence-electron chi connectivity index (χ0n) is 9.81. The predicted molar refractivity (Wildman–Crippen MR) is 83.3 cm³/mol. The van der Waals surface area contributed by atoms with E-state index in [1.165, 1.54) is 0 Å². The molecule has 2 aromatic rings. The van der Waals surface area contributed by atoms with Crippen molar-refractivity contribution >= 4 is 40.0 Å². The topological polar surface area (TPSA) is 40.9 Å². The molecule has 0 radical (unpaired) electrons. The summed E-state index contributed by atoms with van der Waals surface area (Å²) in [7, 11) is 0. The van der Waals surface area contributed by atoms with Gasteiger partial charge < -0.3 is 0 Å². The van der Waals surface area contributed by atoms with Gasteiger partial charge in [-0.25, -0.2) is 0 Å². The molecular formula is C15H9ClINO. The maximum Gasteiger partial charge on any atom is 0.184 e. The predicted octanol–water partition coefficient (Wildman–Crippen LogP) is 4.43. The van der Waals surface area contributed by atoms with E-state index in [4.69, 9.17) is 11.6 Å². The molecule has 0 heterocycles. The number of nitriles is 1. The highest BCUT2D eigenvalue weighted by Gasteiger charge is 2.21. The van der Waals surface area contributed by atoms with Crippen molar-refractivity contribution in [2.24, 2.45) is 0 Å². The van der Waals surface area contributed by atoms with E-state index >= 15 is 0 Å². The lowest BCUT2D eigenvalue weighted by Crippen LogP contribution is -2.11. The van der Waals surface area contributed by atoms with Crippen molar-refractivity contribution in [2.45, 2.75) is 5.92 Å². The molecule has 0 amide bonds. The lowest BCUT2D eigenvalue weighted by atomic mass is 9.92. The third-order valence-corrected chi connectivity index (χ3v) is 3.59. The maximum absolute atomic E-state index is 12.4. The second kappa shape index (κ2) is 6.18. The quantitative estimate of drug-likeness (QED) is 0.583. The molecule has 0 aliphatic rings. The summed E-state index contributed by atoms with van der Waals surface area (Å²) in [6, 6.07) is 16.1. The highest BCUT2D eigenvalue weighted by atomic mass is 127. The smallest absolute Gasteiger partial charge is 0.184 e. The minimum atomic E-state index is -0.822. The van der Waals surface area contributed by atoms with Crippen LogP contribution < -0.4 is 0 Å². The van der Waals surface area contributed by atoms with E-state index in [0.717, 1.165) is 3.57 Å². The molecule has 1 atom stereocenters. The Hall–Kier alpha value is -1.38. The number of carbonyl (C=O) groups is 1. The molecule has 0 N–H and O–H groups in total. The first kappa shape index (κ1) is 14.0. The lowest BCUT2D eigenvalue weighted by molar-refractivity contribution is 0.0979. The van der Waals surface area contributed by atoms with Crippen molar-refractivity contribution in [1.82, 2.24) is 0 Å². The molecule has 0 saturated heterocycles. The molecule has 94 valence electrons. The summed E-state index contributed by atoms with van der Waals surface area (Å²) in [4.78, 5) is 12.4. The van der Waals surface area contributed by atoms with Gasteiger partial charge in [0.05, 0.1) is 6.07 Å². The van der Waals surface area contributed by atoms with Crippen molar-refractivity contribution in [1.29, 1.82) is 5.26 Å². The summed E-state index contributed by atoms with van der Waals surface area (Å²) in [6.07, 6.45) is 0. The molecule has 0 spiro atoms. The van der Waals surface area contributed by atoms with Gasteiger partial charge in [-0.15, -0.1) is 0 Å². The van der Waals surface area contributed by atoms with Crippen LogP contribution in [0.5, 0.6) is 0 Å². The Kier molecular flexibility index (Phi) is 4.56. The van der Waals surface area contributed by atoms with Crippen LogP contribution in [-0.4, -0.2) is 5.78 Å². The fourth-order valence-corrected chi connectivity index (χ4v) is 2.52. The Morgan fingerprint density at radius 1 is 1.21 bits per heavy atom. The van der Waals surface area contributed by atoms with Crippen LogP contribution in [-0.2, 0) is 0 Å². The summed E-state index contributed by atoms with van der Waals surface area (Å²) in [5.74, 6) is -1.03. The van der Waals surface area contributed by atoms with Gasteiger partial charge in [0.25, 0.3) is 0 Å². The third kappa shape index (κ3) is 3.34. The highest BCUT2D eigenvalue weighted by molar-refractivity contribution is 14.1. The molecular weight excluding hydrogens is 373 g/mol. The van der Waals surface area contributed by atoms with Crippen LogP contribution >= 0.6 is 34.2 Å². The minimum Gasteiger partial charge on any atom is -0.292 e. The second-order valence-electron chi connectivity index (χ2n) is 3.99. The number of ketones is 1. The van der Waals surface area contributed by atoms with Crippen LogP contribution in [0.4, 0.5) is 0 Å². The number of rotatable bonds is 3. The monoisotopic (exact) mass is 381 g/mol. The van der Waals surface area contributed by atoms with Crippen LogP contribution in [0.2, 0.25) is 5.02 Å². The maximum atomic E-state index is 12.4. The number of halogens is 2. The van der Waals surface area contributed by atoms with Gasteiger partial charge in [0.2, 0.25) is 0 Å². The summed E-state index contributed by atoms with van der Waals surface area (Å²) in [6.45, 7) is 0. The molecule has 0 bridgehead atoms. The first-order valence-corrected chi connectivity index (χ1v) is 7.02. The molecule has 0 aliphatic carbocycles. The van der Waals surface area contributed by atoms with Crippen LogP contribution in [0.25, 0.3) is 0 Å². The van der Waals surface area contributed by atoms with Crippen LogP contribution in [0.3, 0.4) is 0 Å². The second-order valence-corrected chi connectivity index (χ2v) is 5.67. The first-order valence-electron chi connectivity index (χ1n) is 5.56. The number of hydrogen-bond donors (Lipinski definition) is 0. The van der Waals surface area contributed by atoms with Crippen molar-refractivity contribution in [3.63, 3.8) is 0 Å². The summed E-state index contributed by atoms with van der Waals surface area (Å²) >= 11 is 8.04. The summed E-state index contributed by atoms with van der Waals surface area (Å²) in [5, 5.41) is 9.78. The molecule has 19 heavy (non-hydrogen) atoms. The number of benzene rings is 2. The molecule has 4 heteroatoms. The van der Waals surface area contributed by atoms with Crippen molar-refractivity contribution in [3.05, 3.63) is 68.3 Å². The zero-order chi connectivity index (χ0) is 13.8. The van der Waals surface area contributed by atoms with E-state index in [1.807, 2.05) is 6.07 Å². The Morgan fingerprint density at radius 3 is 2.58 bits per heavy atom.